The molecule has 0 unspecified atom stereocenters. The van der Waals surface area contributed by atoms with Crippen molar-refractivity contribution in [2.45, 2.75) is 5.16 Å². The van der Waals surface area contributed by atoms with Crippen molar-refractivity contribution in [2.75, 3.05) is 12.9 Å². The Labute approximate surface area is 199 Å². The van der Waals surface area contributed by atoms with Gasteiger partial charge in [0, 0.05) is 28.7 Å². The van der Waals surface area contributed by atoms with Crippen LogP contribution in [0.1, 0.15) is 5.56 Å². The number of ether oxygens (including phenoxy) is 1. The van der Waals surface area contributed by atoms with Crippen LogP contribution in [-0.2, 0) is 4.79 Å². The molecule has 0 bridgehead atoms. The van der Waals surface area contributed by atoms with E-state index in [4.69, 9.17) is 16.3 Å². The van der Waals surface area contributed by atoms with Gasteiger partial charge in [-0.1, -0.05) is 23.4 Å². The molecule has 33 heavy (non-hydrogen) atoms. The Bertz CT molecular complexity index is 1240. The molecule has 0 saturated heterocycles. The van der Waals surface area contributed by atoms with Crippen LogP contribution in [0.2, 0.25) is 5.02 Å². The van der Waals surface area contributed by atoms with Crippen molar-refractivity contribution in [1.82, 2.24) is 25.2 Å². The van der Waals surface area contributed by atoms with Crippen molar-refractivity contribution in [3.05, 3.63) is 83.6 Å². The number of pyridine rings is 1. The van der Waals surface area contributed by atoms with Gasteiger partial charge >= 0.3 is 0 Å². The van der Waals surface area contributed by atoms with Crippen LogP contribution in [0.25, 0.3) is 17.1 Å². The lowest BCUT2D eigenvalue weighted by Crippen LogP contribution is -2.20. The number of hydrazone groups is 1. The lowest BCUT2D eigenvalue weighted by Gasteiger charge is -2.11. The molecule has 8 nitrogen and oxygen atoms in total. The predicted octanol–water partition coefficient (Wildman–Crippen LogP) is 4.23. The molecule has 10 heteroatoms. The number of hydrogen-bond donors (Lipinski definition) is 1. The zero-order valence-corrected chi connectivity index (χ0v) is 19.1. The average molecular weight is 479 g/mol. The highest BCUT2D eigenvalue weighted by Crippen LogP contribution is 2.29. The summed E-state index contributed by atoms with van der Waals surface area (Å²) >= 11 is 7.33. The molecule has 1 amide bonds. The summed E-state index contributed by atoms with van der Waals surface area (Å²) in [6.45, 7) is 0. The van der Waals surface area contributed by atoms with E-state index in [1.807, 2.05) is 41.0 Å². The second-order valence-electron chi connectivity index (χ2n) is 6.71. The van der Waals surface area contributed by atoms with Gasteiger partial charge in [-0.15, -0.1) is 10.2 Å². The van der Waals surface area contributed by atoms with E-state index in [0.717, 1.165) is 22.6 Å². The Kier molecular flexibility index (Phi) is 7.33. The van der Waals surface area contributed by atoms with Crippen LogP contribution in [0.4, 0.5) is 0 Å². The minimum absolute atomic E-state index is 0.113. The molecule has 2 aromatic carbocycles. The standard InChI is InChI=1S/C23H19ClN6O2S/c1-32-20-8-2-17(3-9-20)22-28-29-23(30(22)19-6-4-18(24)5-7-19)33-15-21(31)27-26-14-16-10-12-25-13-11-16/h2-14H,15H2,1H3,(H,27,31). The SMILES string of the molecule is COc1ccc(-c2nnc(SCC(=O)NN=Cc3ccncc3)n2-c2ccc(Cl)cc2)cc1. The maximum absolute atomic E-state index is 12.3. The number of methoxy groups -OCH3 is 1. The molecule has 0 fully saturated rings. The van der Waals surface area contributed by atoms with Crippen LogP contribution < -0.4 is 10.2 Å². The maximum Gasteiger partial charge on any atom is 0.250 e. The Morgan fingerprint density at radius 1 is 1.09 bits per heavy atom. The fraction of sp³-hybridized carbons (Fsp3) is 0.0870. The van der Waals surface area contributed by atoms with Crippen molar-refractivity contribution >= 4 is 35.5 Å². The highest BCUT2D eigenvalue weighted by molar-refractivity contribution is 7.99. The first kappa shape index (κ1) is 22.5. The van der Waals surface area contributed by atoms with Crippen molar-refractivity contribution in [3.63, 3.8) is 0 Å². The predicted molar refractivity (Wildman–Crippen MR) is 129 cm³/mol. The van der Waals surface area contributed by atoms with Crippen LogP contribution in [0.5, 0.6) is 5.75 Å². The fourth-order valence-corrected chi connectivity index (χ4v) is 3.77. The first-order valence-electron chi connectivity index (χ1n) is 9.84. The summed E-state index contributed by atoms with van der Waals surface area (Å²) < 4.78 is 7.13. The zero-order valence-electron chi connectivity index (χ0n) is 17.6. The molecule has 0 aliphatic carbocycles. The molecule has 0 spiro atoms. The molecule has 0 atom stereocenters. The summed E-state index contributed by atoms with van der Waals surface area (Å²) in [5, 5.41) is 13.9. The van der Waals surface area contributed by atoms with E-state index in [1.54, 1.807) is 50.0 Å². The molecule has 166 valence electrons. The first-order chi connectivity index (χ1) is 16.1. The third-order valence-electron chi connectivity index (χ3n) is 4.51. The number of thioether (sulfide) groups is 1. The second kappa shape index (κ2) is 10.8. The average Bonchev–Trinajstić information content (AvgIpc) is 3.28. The molecule has 0 aliphatic rings. The minimum atomic E-state index is -0.262. The number of amides is 1. The summed E-state index contributed by atoms with van der Waals surface area (Å²) in [4.78, 5) is 16.2. The second-order valence-corrected chi connectivity index (χ2v) is 8.09. The van der Waals surface area contributed by atoms with Gasteiger partial charge in [0.25, 0.3) is 5.91 Å². The number of nitrogens with one attached hydrogen (secondary N) is 1. The van der Waals surface area contributed by atoms with Gasteiger partial charge in [0.05, 0.1) is 19.1 Å². The minimum Gasteiger partial charge on any atom is -0.497 e. The van der Waals surface area contributed by atoms with Gasteiger partial charge in [0.15, 0.2) is 11.0 Å². The molecule has 0 aliphatic heterocycles. The van der Waals surface area contributed by atoms with Crippen LogP contribution in [0.15, 0.2) is 83.3 Å². The summed E-state index contributed by atoms with van der Waals surface area (Å²) in [7, 11) is 1.62. The van der Waals surface area contributed by atoms with Gasteiger partial charge in [-0.3, -0.25) is 14.3 Å². The molecule has 0 radical (unpaired) electrons. The quantitative estimate of drug-likeness (QED) is 0.231. The molecular formula is C23H19ClN6O2S. The molecule has 4 aromatic rings. The monoisotopic (exact) mass is 478 g/mol. The Balaban J connectivity index is 1.53. The van der Waals surface area contributed by atoms with Gasteiger partial charge in [-0.25, -0.2) is 5.43 Å². The normalized spacial score (nSPS) is 11.0. The van der Waals surface area contributed by atoms with Gasteiger partial charge < -0.3 is 4.74 Å². The summed E-state index contributed by atoms with van der Waals surface area (Å²) in [5.41, 5.74) is 5.04. The maximum atomic E-state index is 12.3. The highest BCUT2D eigenvalue weighted by atomic mass is 35.5. The third kappa shape index (κ3) is 5.76. The summed E-state index contributed by atoms with van der Waals surface area (Å²) in [6, 6.07) is 18.5. The lowest BCUT2D eigenvalue weighted by atomic mass is 10.2. The Hall–Kier alpha value is -3.69. The highest BCUT2D eigenvalue weighted by Gasteiger charge is 2.17. The Morgan fingerprint density at radius 2 is 1.82 bits per heavy atom. The first-order valence-corrected chi connectivity index (χ1v) is 11.2. The van der Waals surface area contributed by atoms with Crippen molar-refractivity contribution in [3.8, 4) is 22.8 Å². The third-order valence-corrected chi connectivity index (χ3v) is 5.69. The number of rotatable bonds is 8. The number of aromatic nitrogens is 4. The number of nitrogens with zero attached hydrogens (tertiary/aromatic N) is 5. The van der Waals surface area contributed by atoms with Crippen LogP contribution in [0.3, 0.4) is 0 Å². The lowest BCUT2D eigenvalue weighted by molar-refractivity contribution is -0.118. The fourth-order valence-electron chi connectivity index (χ4n) is 2.90. The largest absolute Gasteiger partial charge is 0.497 e. The van der Waals surface area contributed by atoms with Gasteiger partial charge in [-0.05, 0) is 66.2 Å². The molecule has 4 rings (SSSR count). The van der Waals surface area contributed by atoms with Crippen molar-refractivity contribution < 1.29 is 9.53 Å². The van der Waals surface area contributed by atoms with Gasteiger partial charge in [0.2, 0.25) is 0 Å². The molecule has 2 aromatic heterocycles. The molecule has 2 heterocycles. The van der Waals surface area contributed by atoms with E-state index >= 15 is 0 Å². The smallest absolute Gasteiger partial charge is 0.250 e. The van der Waals surface area contributed by atoms with Crippen molar-refractivity contribution in [2.24, 2.45) is 5.10 Å². The molecule has 1 N–H and O–H groups in total. The zero-order chi connectivity index (χ0) is 23.0. The van der Waals surface area contributed by atoms with Crippen LogP contribution >= 0.6 is 23.4 Å². The molecule has 0 saturated carbocycles. The number of halogens is 1. The van der Waals surface area contributed by atoms with Gasteiger partial charge in [-0.2, -0.15) is 5.10 Å². The number of hydrogen-bond acceptors (Lipinski definition) is 7. The topological polar surface area (TPSA) is 94.3 Å². The van der Waals surface area contributed by atoms with E-state index in [2.05, 4.69) is 25.7 Å². The van der Waals surface area contributed by atoms with E-state index in [9.17, 15) is 4.79 Å². The number of benzene rings is 2. The van der Waals surface area contributed by atoms with Gasteiger partial charge in [0.1, 0.15) is 5.75 Å². The summed E-state index contributed by atoms with van der Waals surface area (Å²) in [6.07, 6.45) is 4.87. The van der Waals surface area contributed by atoms with E-state index in [0.29, 0.717) is 16.0 Å². The van der Waals surface area contributed by atoms with E-state index in [1.165, 1.54) is 11.8 Å². The number of carbonyl (C=O) groups is 1. The van der Waals surface area contributed by atoms with Crippen LogP contribution in [0, 0.1) is 0 Å². The summed E-state index contributed by atoms with van der Waals surface area (Å²) in [5.74, 6) is 1.23. The molecular weight excluding hydrogens is 460 g/mol. The van der Waals surface area contributed by atoms with E-state index in [-0.39, 0.29) is 11.7 Å². The van der Waals surface area contributed by atoms with E-state index < -0.39 is 0 Å². The van der Waals surface area contributed by atoms with Crippen LogP contribution in [-0.4, -0.2) is 44.7 Å². The Morgan fingerprint density at radius 3 is 2.52 bits per heavy atom. The van der Waals surface area contributed by atoms with Crippen molar-refractivity contribution in [1.29, 1.82) is 0 Å². The number of carbonyl (C=O) groups excluding carboxylic acids is 1.